The lowest BCUT2D eigenvalue weighted by molar-refractivity contribution is -0.167. The molecule has 0 unspecified atom stereocenters. The highest BCUT2D eigenvalue weighted by Crippen LogP contribution is 2.28. The van der Waals surface area contributed by atoms with Gasteiger partial charge in [0.2, 0.25) is 0 Å². The van der Waals surface area contributed by atoms with Gasteiger partial charge in [-0.15, -0.1) is 0 Å². The fourth-order valence-electron chi connectivity index (χ4n) is 3.06. The van der Waals surface area contributed by atoms with E-state index in [-0.39, 0.29) is 17.5 Å². The minimum absolute atomic E-state index is 0.108. The predicted octanol–water partition coefficient (Wildman–Crippen LogP) is 3.35. The van der Waals surface area contributed by atoms with Crippen molar-refractivity contribution >= 4 is 28.8 Å². The molecule has 6 heteroatoms. The summed E-state index contributed by atoms with van der Waals surface area (Å²) >= 11 is 0. The van der Waals surface area contributed by atoms with E-state index in [0.29, 0.717) is 16.2 Å². The Balaban J connectivity index is 1.55. The highest BCUT2D eigenvalue weighted by molar-refractivity contribution is 6.20. The number of rotatable bonds is 3. The molecule has 2 heterocycles. The topological polar surface area (TPSA) is 76.8 Å². The van der Waals surface area contributed by atoms with E-state index in [1.807, 2.05) is 26.0 Å². The second-order valence-corrected chi connectivity index (χ2v) is 6.24. The molecule has 2 aromatic carbocycles. The number of fused-ring (bicyclic) bond motifs is 2. The summed E-state index contributed by atoms with van der Waals surface area (Å²) in [6.07, 6.45) is 1.39. The highest BCUT2D eigenvalue weighted by Gasteiger charge is 2.38. The summed E-state index contributed by atoms with van der Waals surface area (Å²) in [6, 6.07) is 10.2. The molecule has 2 amide bonds. The lowest BCUT2D eigenvalue weighted by Crippen LogP contribution is -2.33. The maximum atomic E-state index is 12.3. The third kappa shape index (κ3) is 2.38. The number of hydrogen-bond donors (Lipinski definition) is 0. The van der Waals surface area contributed by atoms with Gasteiger partial charge in [0.05, 0.1) is 23.8 Å². The Morgan fingerprint density at radius 1 is 1.04 bits per heavy atom. The Morgan fingerprint density at radius 3 is 2.35 bits per heavy atom. The zero-order chi connectivity index (χ0) is 18.4. The van der Waals surface area contributed by atoms with Gasteiger partial charge in [-0.1, -0.05) is 29.3 Å². The van der Waals surface area contributed by atoms with Gasteiger partial charge < -0.3 is 9.25 Å². The van der Waals surface area contributed by atoms with E-state index in [1.165, 1.54) is 18.4 Å². The number of amides is 2. The number of furan rings is 1. The third-order valence-corrected chi connectivity index (χ3v) is 4.63. The smallest absolute Gasteiger partial charge is 0.337 e. The minimum Gasteiger partial charge on any atom is -0.464 e. The van der Waals surface area contributed by atoms with Gasteiger partial charge in [-0.25, -0.2) is 4.79 Å². The summed E-state index contributed by atoms with van der Waals surface area (Å²) in [5, 5.41) is 1.33. The number of nitrogens with zero attached hydrogens (tertiary/aromatic N) is 1. The average Bonchev–Trinajstić information content (AvgIpc) is 3.14. The largest absolute Gasteiger partial charge is 0.464 e. The lowest BCUT2D eigenvalue weighted by atomic mass is 10.0. The zero-order valence-corrected chi connectivity index (χ0v) is 14.2. The standard InChI is InChI=1S/C20H15NO5/c1-11-7-8-14-13(10-25-18(14)12(11)2)9-17(22)26-21-19(23)15-5-3-4-6-16(15)20(21)24/h3-8,10H,9H2,1-2H3. The molecule has 1 aromatic heterocycles. The Labute approximate surface area is 148 Å². The van der Waals surface area contributed by atoms with Gasteiger partial charge in [-0.05, 0) is 37.1 Å². The van der Waals surface area contributed by atoms with E-state index < -0.39 is 17.8 Å². The first kappa shape index (κ1) is 16.1. The second kappa shape index (κ2) is 5.84. The molecule has 0 radical (unpaired) electrons. The van der Waals surface area contributed by atoms with Crippen molar-refractivity contribution in [1.29, 1.82) is 0 Å². The number of hydroxylamine groups is 2. The summed E-state index contributed by atoms with van der Waals surface area (Å²) < 4.78 is 5.57. The maximum absolute atomic E-state index is 12.3. The fraction of sp³-hybridized carbons (Fsp3) is 0.150. The molecule has 1 aliphatic heterocycles. The summed E-state index contributed by atoms with van der Waals surface area (Å²) in [5.74, 6) is -1.98. The van der Waals surface area contributed by atoms with Crippen LogP contribution in [0.5, 0.6) is 0 Å². The van der Waals surface area contributed by atoms with E-state index in [2.05, 4.69) is 0 Å². The van der Waals surface area contributed by atoms with Crippen LogP contribution >= 0.6 is 0 Å². The van der Waals surface area contributed by atoms with Crippen LogP contribution in [0.4, 0.5) is 0 Å². The van der Waals surface area contributed by atoms with Gasteiger partial charge in [-0.3, -0.25) is 9.59 Å². The number of hydrogen-bond acceptors (Lipinski definition) is 5. The maximum Gasteiger partial charge on any atom is 0.337 e. The molecule has 0 N–H and O–H groups in total. The molecule has 4 rings (SSSR count). The SMILES string of the molecule is Cc1ccc2c(CC(=O)ON3C(=O)c4ccccc4C3=O)coc2c1C. The molecule has 0 spiro atoms. The zero-order valence-electron chi connectivity index (χ0n) is 14.2. The van der Waals surface area contributed by atoms with Crippen LogP contribution in [-0.2, 0) is 16.1 Å². The van der Waals surface area contributed by atoms with Crippen molar-refractivity contribution in [2.24, 2.45) is 0 Å². The van der Waals surface area contributed by atoms with E-state index >= 15 is 0 Å². The van der Waals surface area contributed by atoms with Crippen LogP contribution in [0.1, 0.15) is 37.4 Å². The molecule has 0 atom stereocenters. The number of imide groups is 1. The number of carbonyl (C=O) groups excluding carboxylic acids is 3. The molecule has 1 aliphatic rings. The first-order valence-electron chi connectivity index (χ1n) is 8.12. The summed E-state index contributed by atoms with van der Waals surface area (Å²) in [4.78, 5) is 41.8. The third-order valence-electron chi connectivity index (χ3n) is 4.63. The van der Waals surface area contributed by atoms with Crippen molar-refractivity contribution in [3.8, 4) is 0 Å². The van der Waals surface area contributed by atoms with Crippen LogP contribution in [0.2, 0.25) is 0 Å². The van der Waals surface area contributed by atoms with Crippen molar-refractivity contribution < 1.29 is 23.6 Å². The predicted molar refractivity (Wildman–Crippen MR) is 92.4 cm³/mol. The normalized spacial score (nSPS) is 13.4. The Bertz CT molecular complexity index is 1040. The van der Waals surface area contributed by atoms with E-state index in [9.17, 15) is 14.4 Å². The molecular formula is C20H15NO5. The van der Waals surface area contributed by atoms with Crippen LogP contribution in [0.25, 0.3) is 11.0 Å². The quantitative estimate of drug-likeness (QED) is 0.678. The van der Waals surface area contributed by atoms with Crippen molar-refractivity contribution in [1.82, 2.24) is 5.06 Å². The van der Waals surface area contributed by atoms with Crippen LogP contribution in [0.15, 0.2) is 47.1 Å². The molecule has 0 aliphatic carbocycles. The van der Waals surface area contributed by atoms with Crippen molar-refractivity contribution in [3.05, 3.63) is 70.5 Å². The Hall–Kier alpha value is -3.41. The van der Waals surface area contributed by atoms with Gasteiger partial charge in [-0.2, -0.15) is 0 Å². The molecule has 26 heavy (non-hydrogen) atoms. The molecule has 6 nitrogen and oxygen atoms in total. The van der Waals surface area contributed by atoms with Gasteiger partial charge >= 0.3 is 5.97 Å². The van der Waals surface area contributed by atoms with Crippen molar-refractivity contribution in [2.45, 2.75) is 20.3 Å². The molecule has 0 saturated heterocycles. The minimum atomic E-state index is -0.708. The van der Waals surface area contributed by atoms with Gasteiger partial charge in [0, 0.05) is 10.9 Å². The molecule has 130 valence electrons. The monoisotopic (exact) mass is 349 g/mol. The number of benzene rings is 2. The van der Waals surface area contributed by atoms with Crippen molar-refractivity contribution in [2.75, 3.05) is 0 Å². The highest BCUT2D eigenvalue weighted by atomic mass is 16.7. The average molecular weight is 349 g/mol. The van der Waals surface area contributed by atoms with Gasteiger partial charge in [0.1, 0.15) is 5.58 Å². The summed E-state index contributed by atoms with van der Waals surface area (Å²) in [5.41, 5.74) is 3.91. The molecule has 0 bridgehead atoms. The van der Waals surface area contributed by atoms with E-state index in [4.69, 9.17) is 9.25 Å². The van der Waals surface area contributed by atoms with E-state index in [1.54, 1.807) is 12.1 Å². The Kier molecular flexibility index (Phi) is 3.61. The second-order valence-electron chi connectivity index (χ2n) is 6.24. The number of aryl methyl sites for hydroxylation is 2. The summed E-state index contributed by atoms with van der Waals surface area (Å²) in [7, 11) is 0. The molecule has 0 saturated carbocycles. The van der Waals surface area contributed by atoms with Crippen LogP contribution < -0.4 is 0 Å². The molecular weight excluding hydrogens is 334 g/mol. The fourth-order valence-corrected chi connectivity index (χ4v) is 3.06. The first-order valence-corrected chi connectivity index (χ1v) is 8.12. The summed E-state index contributed by atoms with van der Waals surface area (Å²) in [6.45, 7) is 3.93. The van der Waals surface area contributed by atoms with Crippen molar-refractivity contribution in [3.63, 3.8) is 0 Å². The van der Waals surface area contributed by atoms with Crippen LogP contribution in [-0.4, -0.2) is 22.8 Å². The molecule has 0 fully saturated rings. The van der Waals surface area contributed by atoms with Crippen LogP contribution in [0, 0.1) is 13.8 Å². The number of carbonyl (C=O) groups is 3. The van der Waals surface area contributed by atoms with Crippen LogP contribution in [0.3, 0.4) is 0 Å². The molecule has 3 aromatic rings. The van der Waals surface area contributed by atoms with Gasteiger partial charge in [0.15, 0.2) is 0 Å². The first-order chi connectivity index (χ1) is 12.5. The van der Waals surface area contributed by atoms with E-state index in [0.717, 1.165) is 16.5 Å². The Morgan fingerprint density at radius 2 is 1.69 bits per heavy atom. The lowest BCUT2D eigenvalue weighted by Gasteiger charge is -2.12. The van der Waals surface area contributed by atoms with Gasteiger partial charge in [0.25, 0.3) is 11.8 Å².